The maximum atomic E-state index is 14.4. The molecule has 0 aromatic heterocycles. The molecule has 0 aliphatic heterocycles. The second-order valence-corrected chi connectivity index (χ2v) is 6.25. The molecule has 4 nitrogen and oxygen atoms in total. The molecule has 0 bridgehead atoms. The van der Waals surface area contributed by atoms with Gasteiger partial charge in [0.15, 0.2) is 24.0 Å². The molecule has 3 rings (SSSR count). The van der Waals surface area contributed by atoms with E-state index in [0.29, 0.717) is 6.61 Å². The summed E-state index contributed by atoms with van der Waals surface area (Å²) in [6.45, 7) is 0.142. The number of fused-ring (bicyclic) bond motifs is 1. The summed E-state index contributed by atoms with van der Waals surface area (Å²) < 4.78 is 93.8. The van der Waals surface area contributed by atoms with E-state index in [1.54, 1.807) is 6.92 Å². The molecule has 0 fully saturated rings. The molecule has 0 aliphatic carbocycles. The zero-order valence-electron chi connectivity index (χ0n) is 15.9. The summed E-state index contributed by atoms with van der Waals surface area (Å²) in [7, 11) is 0. The molecule has 31 heavy (non-hydrogen) atoms. The zero-order chi connectivity index (χ0) is 22.8. The Labute approximate surface area is 171 Å². The molecule has 0 saturated carbocycles. The molecule has 0 amide bonds. The van der Waals surface area contributed by atoms with Gasteiger partial charge in [-0.15, -0.1) is 0 Å². The Kier molecular flexibility index (Phi) is 6.28. The lowest BCUT2D eigenvalue weighted by Gasteiger charge is -2.13. The van der Waals surface area contributed by atoms with Gasteiger partial charge in [-0.1, -0.05) is 0 Å². The number of hydrogen-bond donors (Lipinski definition) is 0. The molecular weight excluding hydrogens is 430 g/mol. The van der Waals surface area contributed by atoms with Gasteiger partial charge >= 0.3 is 12.1 Å². The van der Waals surface area contributed by atoms with Crippen molar-refractivity contribution in [2.45, 2.75) is 13.1 Å². The van der Waals surface area contributed by atoms with Crippen molar-refractivity contribution in [2.24, 2.45) is 0 Å². The van der Waals surface area contributed by atoms with Crippen LogP contribution in [0.25, 0.3) is 10.8 Å². The second kappa shape index (κ2) is 8.75. The average Bonchev–Trinajstić information content (AvgIpc) is 2.67. The third-order valence-electron chi connectivity index (χ3n) is 4.02. The molecule has 0 unspecified atom stereocenters. The summed E-state index contributed by atoms with van der Waals surface area (Å²) in [5.74, 6) is -5.77. The predicted octanol–water partition coefficient (Wildman–Crippen LogP) is 5.82. The standard InChI is InChI=1S/C21H14F6O4/c1-2-29-12-3-6-15(16(22)9-12)20(28)31-13-4-5-14-11(7-13)8-17(23)19(18(14)24)30-10-21(25,26)27/h3-9H,2,10H2,1H3. The highest BCUT2D eigenvalue weighted by Crippen LogP contribution is 2.33. The van der Waals surface area contributed by atoms with Crippen molar-refractivity contribution >= 4 is 16.7 Å². The first-order chi connectivity index (χ1) is 14.6. The van der Waals surface area contributed by atoms with Crippen molar-refractivity contribution in [3.8, 4) is 17.2 Å². The third-order valence-corrected chi connectivity index (χ3v) is 4.02. The topological polar surface area (TPSA) is 44.8 Å². The van der Waals surface area contributed by atoms with Crippen LogP contribution in [0.1, 0.15) is 17.3 Å². The summed E-state index contributed by atoms with van der Waals surface area (Å²) in [6.07, 6.45) is -4.78. The van der Waals surface area contributed by atoms with Crippen molar-refractivity contribution in [1.29, 1.82) is 0 Å². The third kappa shape index (κ3) is 5.19. The maximum Gasteiger partial charge on any atom is 0.422 e. The van der Waals surface area contributed by atoms with Crippen molar-refractivity contribution in [2.75, 3.05) is 13.2 Å². The van der Waals surface area contributed by atoms with Gasteiger partial charge in [0, 0.05) is 11.5 Å². The molecule has 0 radical (unpaired) electrons. The highest BCUT2D eigenvalue weighted by atomic mass is 19.4. The highest BCUT2D eigenvalue weighted by Gasteiger charge is 2.30. The Bertz CT molecular complexity index is 1130. The first-order valence-electron chi connectivity index (χ1n) is 8.85. The summed E-state index contributed by atoms with van der Waals surface area (Å²) in [6, 6.07) is 7.55. The molecule has 0 aliphatic rings. The van der Waals surface area contributed by atoms with E-state index in [0.717, 1.165) is 36.4 Å². The average molecular weight is 444 g/mol. The van der Waals surface area contributed by atoms with Gasteiger partial charge in [0.25, 0.3) is 0 Å². The van der Waals surface area contributed by atoms with Gasteiger partial charge in [-0.2, -0.15) is 13.2 Å². The lowest BCUT2D eigenvalue weighted by Crippen LogP contribution is -2.20. The van der Waals surface area contributed by atoms with Crippen LogP contribution in [0.15, 0.2) is 42.5 Å². The molecule has 0 spiro atoms. The van der Waals surface area contributed by atoms with Crippen LogP contribution in [0.3, 0.4) is 0 Å². The highest BCUT2D eigenvalue weighted by molar-refractivity contribution is 5.93. The van der Waals surface area contributed by atoms with E-state index in [1.165, 1.54) is 6.07 Å². The molecule has 164 valence electrons. The maximum absolute atomic E-state index is 14.4. The predicted molar refractivity (Wildman–Crippen MR) is 97.9 cm³/mol. The lowest BCUT2D eigenvalue weighted by molar-refractivity contribution is -0.154. The molecule has 0 atom stereocenters. The van der Waals surface area contributed by atoms with Gasteiger partial charge in [-0.25, -0.2) is 18.0 Å². The number of hydrogen-bond acceptors (Lipinski definition) is 4. The Morgan fingerprint density at radius 1 is 0.903 bits per heavy atom. The smallest absolute Gasteiger partial charge is 0.422 e. The van der Waals surface area contributed by atoms with Crippen LogP contribution >= 0.6 is 0 Å². The first kappa shape index (κ1) is 22.3. The quantitative estimate of drug-likeness (QED) is 0.273. The van der Waals surface area contributed by atoms with Crippen LogP contribution in [0.5, 0.6) is 17.2 Å². The molecule has 0 N–H and O–H groups in total. The Balaban J connectivity index is 1.85. The Morgan fingerprint density at radius 3 is 2.26 bits per heavy atom. The molecule has 0 heterocycles. The minimum absolute atomic E-state index is 0.105. The summed E-state index contributed by atoms with van der Waals surface area (Å²) in [4.78, 5) is 12.2. The summed E-state index contributed by atoms with van der Waals surface area (Å²) in [5.41, 5.74) is -0.392. The van der Waals surface area contributed by atoms with Crippen molar-refractivity contribution in [1.82, 2.24) is 0 Å². The monoisotopic (exact) mass is 444 g/mol. The first-order valence-corrected chi connectivity index (χ1v) is 8.85. The fourth-order valence-electron chi connectivity index (χ4n) is 2.72. The number of halogens is 6. The Hall–Kier alpha value is -3.43. The SMILES string of the molecule is CCOc1ccc(C(=O)Oc2ccc3c(F)c(OCC(F)(F)F)c(F)cc3c2)c(F)c1. The fraction of sp³-hybridized carbons (Fsp3) is 0.190. The number of carbonyl (C=O) groups excluding carboxylic acids is 1. The number of ether oxygens (including phenoxy) is 3. The van der Waals surface area contributed by atoms with Crippen molar-refractivity contribution in [3.63, 3.8) is 0 Å². The van der Waals surface area contributed by atoms with Crippen LogP contribution < -0.4 is 14.2 Å². The van der Waals surface area contributed by atoms with Crippen LogP contribution in [-0.4, -0.2) is 25.4 Å². The summed E-state index contributed by atoms with van der Waals surface area (Å²) in [5, 5.41) is -0.363. The largest absolute Gasteiger partial charge is 0.494 e. The number of rotatable bonds is 6. The van der Waals surface area contributed by atoms with Gasteiger partial charge < -0.3 is 14.2 Å². The van der Waals surface area contributed by atoms with Gasteiger partial charge in [0.1, 0.15) is 17.3 Å². The van der Waals surface area contributed by atoms with Gasteiger partial charge in [0.05, 0.1) is 12.2 Å². The van der Waals surface area contributed by atoms with Gasteiger partial charge in [-0.3, -0.25) is 0 Å². The Morgan fingerprint density at radius 2 is 1.61 bits per heavy atom. The molecule has 10 heteroatoms. The van der Waals surface area contributed by atoms with E-state index >= 15 is 0 Å². The van der Waals surface area contributed by atoms with Crippen LogP contribution in [-0.2, 0) is 0 Å². The number of alkyl halides is 3. The van der Waals surface area contributed by atoms with E-state index in [-0.39, 0.29) is 22.3 Å². The second-order valence-electron chi connectivity index (χ2n) is 6.25. The number of benzene rings is 3. The van der Waals surface area contributed by atoms with E-state index < -0.39 is 47.5 Å². The normalized spacial score (nSPS) is 11.5. The zero-order valence-corrected chi connectivity index (χ0v) is 15.9. The molecule has 3 aromatic carbocycles. The number of esters is 1. The van der Waals surface area contributed by atoms with E-state index in [9.17, 15) is 31.1 Å². The molecule has 0 saturated heterocycles. The van der Waals surface area contributed by atoms with Crippen LogP contribution in [0.2, 0.25) is 0 Å². The lowest BCUT2D eigenvalue weighted by atomic mass is 10.1. The summed E-state index contributed by atoms with van der Waals surface area (Å²) >= 11 is 0. The minimum Gasteiger partial charge on any atom is -0.494 e. The fourth-order valence-corrected chi connectivity index (χ4v) is 2.72. The van der Waals surface area contributed by atoms with Gasteiger partial charge in [-0.05, 0) is 48.7 Å². The van der Waals surface area contributed by atoms with Crippen molar-refractivity contribution in [3.05, 3.63) is 65.5 Å². The molecular formula is C21H14F6O4. The van der Waals surface area contributed by atoms with Crippen molar-refractivity contribution < 1.29 is 45.3 Å². The molecule has 3 aromatic rings. The van der Waals surface area contributed by atoms with Gasteiger partial charge in [0.2, 0.25) is 0 Å². The van der Waals surface area contributed by atoms with E-state index in [4.69, 9.17) is 9.47 Å². The van der Waals surface area contributed by atoms with E-state index in [1.807, 2.05) is 0 Å². The van der Waals surface area contributed by atoms with E-state index in [2.05, 4.69) is 4.74 Å². The van der Waals surface area contributed by atoms with Crippen LogP contribution in [0.4, 0.5) is 26.3 Å². The minimum atomic E-state index is -4.78. The van der Waals surface area contributed by atoms with Crippen LogP contribution in [0, 0.1) is 17.5 Å². The number of carbonyl (C=O) groups is 1.